The number of thioether (sulfide) groups is 1. The van der Waals surface area contributed by atoms with Crippen molar-refractivity contribution in [1.29, 1.82) is 0 Å². The van der Waals surface area contributed by atoms with E-state index in [1.54, 1.807) is 48.5 Å². The minimum absolute atomic E-state index is 0.242. The van der Waals surface area contributed by atoms with Crippen molar-refractivity contribution in [2.24, 2.45) is 5.92 Å². The molecule has 0 spiro atoms. The van der Waals surface area contributed by atoms with Crippen LogP contribution >= 0.6 is 46.3 Å². The number of aromatic nitrogens is 1. The topological polar surface area (TPSA) is 91.7 Å². The van der Waals surface area contributed by atoms with Crippen LogP contribution in [0.1, 0.15) is 30.2 Å². The zero-order valence-corrected chi connectivity index (χ0v) is 27.0. The van der Waals surface area contributed by atoms with Crippen LogP contribution in [0.5, 0.6) is 0 Å². The van der Waals surface area contributed by atoms with Crippen molar-refractivity contribution < 1.29 is 14.4 Å². The van der Waals surface area contributed by atoms with Crippen molar-refractivity contribution in [3.05, 3.63) is 103 Å². The molecule has 3 heterocycles. The maximum absolute atomic E-state index is 14.1. The largest absolute Gasteiger partial charge is 0.372 e. The van der Waals surface area contributed by atoms with Crippen LogP contribution in [0.3, 0.4) is 0 Å². The highest BCUT2D eigenvalue weighted by atomic mass is 35.5. The van der Waals surface area contributed by atoms with Crippen LogP contribution in [0.4, 0.5) is 17.1 Å². The number of thiazole rings is 1. The van der Waals surface area contributed by atoms with E-state index in [0.717, 1.165) is 35.7 Å². The zero-order chi connectivity index (χ0) is 31.1. The number of hydrogen-bond acceptors (Lipinski definition) is 7. The standard InChI is InChI=1S/C32H28Cl2N4O4S2/c1-3-36(4-2)22-13-5-18(6-14-22)25-26-27(30(41)38(29(26)40)23-15-9-20(34)10-16-23)43-31-28(25)44-32(42)37(31)17-24(39)35-21-11-7-19(33)8-12-21/h5-16,25-27H,3-4,17H2,1-2H3,(H,35,39). The number of fused-ring (bicyclic) bond motifs is 2. The Hall–Kier alpha value is -3.57. The van der Waals surface area contributed by atoms with Crippen molar-refractivity contribution in [3.63, 3.8) is 0 Å². The second-order valence-corrected chi connectivity index (χ2v) is 13.5. The summed E-state index contributed by atoms with van der Waals surface area (Å²) < 4.78 is 1.41. The fourth-order valence-corrected chi connectivity index (χ4v) is 8.84. The molecule has 6 rings (SSSR count). The normalized spacial score (nSPS) is 19.1. The van der Waals surface area contributed by atoms with Crippen molar-refractivity contribution in [2.45, 2.75) is 36.6 Å². The molecule has 1 N–H and O–H groups in total. The fourth-order valence-electron chi connectivity index (χ4n) is 5.82. The third-order valence-electron chi connectivity index (χ3n) is 7.94. The lowest BCUT2D eigenvalue weighted by atomic mass is 9.83. The van der Waals surface area contributed by atoms with E-state index in [2.05, 4.69) is 24.1 Å². The molecule has 2 aliphatic heterocycles. The summed E-state index contributed by atoms with van der Waals surface area (Å²) in [5, 5.41) is 3.59. The van der Waals surface area contributed by atoms with Crippen LogP contribution in [-0.4, -0.2) is 40.6 Å². The number of halogens is 2. The van der Waals surface area contributed by atoms with E-state index < -0.39 is 23.0 Å². The summed E-state index contributed by atoms with van der Waals surface area (Å²) in [6.45, 7) is 5.62. The third-order valence-corrected chi connectivity index (χ3v) is 11.1. The van der Waals surface area contributed by atoms with Gasteiger partial charge in [0.2, 0.25) is 17.7 Å². The van der Waals surface area contributed by atoms with Gasteiger partial charge in [-0.1, -0.05) is 58.4 Å². The van der Waals surface area contributed by atoms with Crippen LogP contribution in [0, 0.1) is 5.92 Å². The lowest BCUT2D eigenvalue weighted by Gasteiger charge is -2.31. The van der Waals surface area contributed by atoms with E-state index in [1.807, 2.05) is 24.3 Å². The molecule has 1 saturated heterocycles. The van der Waals surface area contributed by atoms with E-state index in [4.69, 9.17) is 23.2 Å². The van der Waals surface area contributed by atoms with Crippen LogP contribution in [-0.2, 0) is 20.9 Å². The summed E-state index contributed by atoms with van der Waals surface area (Å²) in [5.74, 6) is -2.36. The van der Waals surface area contributed by atoms with E-state index in [1.165, 1.54) is 21.2 Å². The molecular formula is C32H28Cl2N4O4S2. The van der Waals surface area contributed by atoms with Gasteiger partial charge in [0.25, 0.3) is 0 Å². The first-order valence-corrected chi connectivity index (χ1v) is 16.6. The van der Waals surface area contributed by atoms with Crippen molar-refractivity contribution in [1.82, 2.24) is 4.57 Å². The molecule has 0 radical (unpaired) electrons. The molecule has 226 valence electrons. The molecule has 3 atom stereocenters. The first-order valence-electron chi connectivity index (χ1n) is 14.1. The monoisotopic (exact) mass is 666 g/mol. The predicted molar refractivity (Wildman–Crippen MR) is 178 cm³/mol. The summed E-state index contributed by atoms with van der Waals surface area (Å²) in [6, 6.07) is 21.2. The van der Waals surface area contributed by atoms with Crippen LogP contribution in [0.2, 0.25) is 10.0 Å². The molecule has 44 heavy (non-hydrogen) atoms. The number of anilines is 3. The number of amides is 3. The minimum Gasteiger partial charge on any atom is -0.372 e. The van der Waals surface area contributed by atoms with Gasteiger partial charge < -0.3 is 10.2 Å². The molecule has 4 aromatic rings. The number of hydrogen-bond donors (Lipinski definition) is 1. The van der Waals surface area contributed by atoms with E-state index in [9.17, 15) is 19.2 Å². The van der Waals surface area contributed by atoms with Gasteiger partial charge in [-0.2, -0.15) is 0 Å². The Morgan fingerprint density at radius 3 is 2.09 bits per heavy atom. The number of nitrogens with zero attached hydrogens (tertiary/aromatic N) is 3. The van der Waals surface area contributed by atoms with Gasteiger partial charge in [0.15, 0.2) is 0 Å². The second-order valence-electron chi connectivity index (χ2n) is 10.5. The molecule has 8 nitrogen and oxygen atoms in total. The predicted octanol–water partition coefficient (Wildman–Crippen LogP) is 6.50. The molecular weight excluding hydrogens is 639 g/mol. The average Bonchev–Trinajstić information content (AvgIpc) is 3.46. The van der Waals surface area contributed by atoms with Gasteiger partial charge in [0, 0.05) is 45.3 Å². The number of nitrogens with one attached hydrogen (secondary N) is 1. The zero-order valence-electron chi connectivity index (χ0n) is 23.8. The highest BCUT2D eigenvalue weighted by Crippen LogP contribution is 2.54. The van der Waals surface area contributed by atoms with E-state index in [-0.39, 0.29) is 23.2 Å². The highest BCUT2D eigenvalue weighted by Gasteiger charge is 2.56. The van der Waals surface area contributed by atoms with Gasteiger partial charge in [-0.05, 0) is 80.1 Å². The molecule has 0 bridgehead atoms. The Labute approximate surface area is 272 Å². The Bertz CT molecular complexity index is 1780. The fraction of sp³-hybridized carbons (Fsp3) is 0.250. The Kier molecular flexibility index (Phi) is 8.61. The number of carbonyl (C=O) groups excluding carboxylic acids is 3. The third kappa shape index (κ3) is 5.56. The Morgan fingerprint density at radius 2 is 1.48 bits per heavy atom. The summed E-state index contributed by atoms with van der Waals surface area (Å²) in [7, 11) is 0. The molecule has 3 unspecified atom stereocenters. The summed E-state index contributed by atoms with van der Waals surface area (Å²) in [6.07, 6.45) is 0. The highest BCUT2D eigenvalue weighted by molar-refractivity contribution is 8.00. The maximum atomic E-state index is 14.1. The van der Waals surface area contributed by atoms with Gasteiger partial charge in [-0.15, -0.1) is 0 Å². The minimum atomic E-state index is -0.780. The molecule has 0 aliphatic carbocycles. The SMILES string of the molecule is CCN(CC)c1ccc(C2c3sc(=O)n(CC(=O)Nc4ccc(Cl)cc4)c3SC3C(=O)N(c4ccc(Cl)cc4)C(=O)C32)cc1. The number of imide groups is 1. The van der Waals surface area contributed by atoms with E-state index in [0.29, 0.717) is 31.3 Å². The smallest absolute Gasteiger partial charge is 0.308 e. The quantitative estimate of drug-likeness (QED) is 0.216. The van der Waals surface area contributed by atoms with Gasteiger partial charge in [0.1, 0.15) is 11.8 Å². The first-order chi connectivity index (χ1) is 21.2. The van der Waals surface area contributed by atoms with Crippen LogP contribution < -0.4 is 20.0 Å². The average molecular weight is 668 g/mol. The molecule has 3 amide bonds. The van der Waals surface area contributed by atoms with Crippen LogP contribution in [0.25, 0.3) is 0 Å². The first kappa shape index (κ1) is 30.5. The van der Waals surface area contributed by atoms with Crippen molar-refractivity contribution in [3.8, 4) is 0 Å². The lowest BCUT2D eigenvalue weighted by Crippen LogP contribution is -2.33. The van der Waals surface area contributed by atoms with Gasteiger partial charge >= 0.3 is 4.87 Å². The molecule has 12 heteroatoms. The summed E-state index contributed by atoms with van der Waals surface area (Å²) in [4.78, 5) is 58.3. The second kappa shape index (κ2) is 12.4. The maximum Gasteiger partial charge on any atom is 0.308 e. The molecule has 0 saturated carbocycles. The lowest BCUT2D eigenvalue weighted by molar-refractivity contribution is -0.122. The number of rotatable bonds is 8. The molecule has 2 aliphatic rings. The van der Waals surface area contributed by atoms with Gasteiger partial charge in [0.05, 0.1) is 16.6 Å². The number of carbonyl (C=O) groups is 3. The summed E-state index contributed by atoms with van der Waals surface area (Å²) in [5.41, 5.74) is 2.86. The Morgan fingerprint density at radius 1 is 0.864 bits per heavy atom. The van der Waals surface area contributed by atoms with Gasteiger partial charge in [-0.25, -0.2) is 4.90 Å². The van der Waals surface area contributed by atoms with Crippen molar-refractivity contribution in [2.75, 3.05) is 28.2 Å². The van der Waals surface area contributed by atoms with Crippen molar-refractivity contribution >= 4 is 81.1 Å². The van der Waals surface area contributed by atoms with Crippen LogP contribution in [0.15, 0.2) is 82.6 Å². The van der Waals surface area contributed by atoms with E-state index >= 15 is 0 Å². The van der Waals surface area contributed by atoms with Gasteiger partial charge in [-0.3, -0.25) is 23.7 Å². The summed E-state index contributed by atoms with van der Waals surface area (Å²) >= 11 is 14.3. The molecule has 1 fully saturated rings. The molecule has 3 aromatic carbocycles. The number of benzene rings is 3. The Balaban J connectivity index is 1.41. The molecule has 1 aromatic heterocycles.